The lowest BCUT2D eigenvalue weighted by molar-refractivity contribution is -0.118. The minimum atomic E-state index is -0.439. The van der Waals surface area contributed by atoms with Crippen molar-refractivity contribution in [2.75, 3.05) is 0 Å². The fraction of sp³-hybridized carbons (Fsp3) is 0.364. The number of aryl methyl sites for hydroxylation is 1. The molecule has 0 fully saturated rings. The molecule has 2 heterocycles. The van der Waals surface area contributed by atoms with Gasteiger partial charge in [0.25, 0.3) is 0 Å². The number of aromatic nitrogens is 3. The van der Waals surface area contributed by atoms with Crippen molar-refractivity contribution in [1.29, 1.82) is 0 Å². The average molecular weight is 253 g/mol. The lowest BCUT2D eigenvalue weighted by Gasteiger charge is -2.07. The third-order valence-corrected chi connectivity index (χ3v) is 2.63. The molecule has 1 unspecified atom stereocenters. The Bertz CT molecular complexity index is 576. The van der Waals surface area contributed by atoms with Crippen molar-refractivity contribution in [2.45, 2.75) is 25.8 Å². The standard InChI is InChI=1S/C11H13ClN4O/c1-6-3-4-8-11(14-6)16(5-9(13)17)10(15-8)7(2)12/h3-4,7H,5H2,1-2H3,(H2,13,17). The van der Waals surface area contributed by atoms with Crippen molar-refractivity contribution in [3.8, 4) is 0 Å². The van der Waals surface area contributed by atoms with Gasteiger partial charge < -0.3 is 10.3 Å². The molecule has 1 amide bonds. The summed E-state index contributed by atoms with van der Waals surface area (Å²) in [6, 6.07) is 3.73. The minimum Gasteiger partial charge on any atom is -0.368 e. The van der Waals surface area contributed by atoms with Gasteiger partial charge in [0.2, 0.25) is 5.91 Å². The van der Waals surface area contributed by atoms with Gasteiger partial charge >= 0.3 is 0 Å². The molecule has 5 nitrogen and oxygen atoms in total. The van der Waals surface area contributed by atoms with Crippen LogP contribution in [0.25, 0.3) is 11.2 Å². The second-order valence-corrected chi connectivity index (χ2v) is 4.59. The van der Waals surface area contributed by atoms with Gasteiger partial charge in [-0.2, -0.15) is 0 Å². The summed E-state index contributed by atoms with van der Waals surface area (Å²) in [7, 11) is 0. The third kappa shape index (κ3) is 2.24. The highest BCUT2D eigenvalue weighted by Crippen LogP contribution is 2.23. The van der Waals surface area contributed by atoms with E-state index in [9.17, 15) is 4.79 Å². The van der Waals surface area contributed by atoms with Crippen molar-refractivity contribution in [2.24, 2.45) is 5.73 Å². The Morgan fingerprint density at radius 1 is 1.53 bits per heavy atom. The average Bonchev–Trinajstić information content (AvgIpc) is 2.56. The van der Waals surface area contributed by atoms with Crippen LogP contribution in [0.5, 0.6) is 0 Å². The van der Waals surface area contributed by atoms with E-state index in [1.54, 1.807) is 11.5 Å². The molecule has 2 N–H and O–H groups in total. The first-order valence-electron chi connectivity index (χ1n) is 5.25. The highest BCUT2D eigenvalue weighted by atomic mass is 35.5. The summed E-state index contributed by atoms with van der Waals surface area (Å²) in [4.78, 5) is 19.8. The van der Waals surface area contributed by atoms with Gasteiger partial charge in [0.05, 0.1) is 5.38 Å². The summed E-state index contributed by atoms with van der Waals surface area (Å²) < 4.78 is 1.67. The molecule has 17 heavy (non-hydrogen) atoms. The van der Waals surface area contributed by atoms with Gasteiger partial charge in [-0.05, 0) is 26.0 Å². The van der Waals surface area contributed by atoms with Crippen LogP contribution in [0.1, 0.15) is 23.8 Å². The van der Waals surface area contributed by atoms with Crippen molar-refractivity contribution in [3.05, 3.63) is 23.7 Å². The van der Waals surface area contributed by atoms with Crippen LogP contribution in [0.15, 0.2) is 12.1 Å². The highest BCUT2D eigenvalue weighted by Gasteiger charge is 2.17. The number of imidazole rings is 1. The minimum absolute atomic E-state index is 0.0410. The van der Waals surface area contributed by atoms with Gasteiger partial charge in [-0.3, -0.25) is 4.79 Å². The third-order valence-electron chi connectivity index (χ3n) is 2.43. The summed E-state index contributed by atoms with van der Waals surface area (Å²) in [5, 5.41) is -0.302. The molecule has 0 saturated carbocycles. The molecule has 0 radical (unpaired) electrons. The quantitative estimate of drug-likeness (QED) is 0.842. The van der Waals surface area contributed by atoms with Crippen LogP contribution in [0.2, 0.25) is 0 Å². The number of alkyl halides is 1. The first-order chi connectivity index (χ1) is 7.99. The predicted molar refractivity (Wildman–Crippen MR) is 65.7 cm³/mol. The Balaban J connectivity index is 2.68. The van der Waals surface area contributed by atoms with E-state index in [1.807, 2.05) is 19.1 Å². The Morgan fingerprint density at radius 2 is 2.24 bits per heavy atom. The Labute approximate surface area is 104 Å². The smallest absolute Gasteiger partial charge is 0.237 e. The number of primary amides is 1. The van der Waals surface area contributed by atoms with Crippen LogP contribution in [0, 0.1) is 6.92 Å². The number of halogens is 1. The van der Waals surface area contributed by atoms with Crippen LogP contribution in [-0.2, 0) is 11.3 Å². The first kappa shape index (κ1) is 11.9. The van der Waals surface area contributed by atoms with Crippen LogP contribution in [-0.4, -0.2) is 20.4 Å². The van der Waals surface area contributed by atoms with Crippen molar-refractivity contribution >= 4 is 28.7 Å². The monoisotopic (exact) mass is 252 g/mol. The van der Waals surface area contributed by atoms with Crippen molar-refractivity contribution < 1.29 is 4.79 Å². The molecule has 0 spiro atoms. The number of nitrogens with zero attached hydrogens (tertiary/aromatic N) is 3. The molecule has 0 aliphatic heterocycles. The maximum absolute atomic E-state index is 11.1. The van der Waals surface area contributed by atoms with Gasteiger partial charge in [0.1, 0.15) is 17.9 Å². The Morgan fingerprint density at radius 3 is 2.82 bits per heavy atom. The number of hydrogen-bond acceptors (Lipinski definition) is 3. The van der Waals surface area contributed by atoms with Crippen LogP contribution in [0.4, 0.5) is 0 Å². The van der Waals surface area contributed by atoms with Gasteiger partial charge in [0.15, 0.2) is 5.65 Å². The number of nitrogens with two attached hydrogens (primary N) is 1. The molecule has 2 rings (SSSR count). The molecule has 90 valence electrons. The summed E-state index contributed by atoms with van der Waals surface area (Å²) in [5.41, 5.74) is 7.45. The Kier molecular flexibility index (Phi) is 3.02. The van der Waals surface area contributed by atoms with Crippen LogP contribution < -0.4 is 5.73 Å². The Hall–Kier alpha value is -1.62. The summed E-state index contributed by atoms with van der Waals surface area (Å²) in [6.07, 6.45) is 0. The maximum atomic E-state index is 11.1. The van der Waals surface area contributed by atoms with E-state index in [0.29, 0.717) is 11.5 Å². The van der Waals surface area contributed by atoms with Gasteiger partial charge in [-0.1, -0.05) is 0 Å². The van der Waals surface area contributed by atoms with Crippen LogP contribution >= 0.6 is 11.6 Å². The number of rotatable bonds is 3. The topological polar surface area (TPSA) is 73.8 Å². The van der Waals surface area contributed by atoms with Gasteiger partial charge in [-0.25, -0.2) is 9.97 Å². The molecular weight excluding hydrogens is 240 g/mol. The van der Waals surface area contributed by atoms with E-state index in [4.69, 9.17) is 17.3 Å². The van der Waals surface area contributed by atoms with E-state index in [1.165, 1.54) is 0 Å². The lowest BCUT2D eigenvalue weighted by atomic mass is 10.3. The zero-order valence-electron chi connectivity index (χ0n) is 9.64. The van der Waals surface area contributed by atoms with Crippen molar-refractivity contribution in [3.63, 3.8) is 0 Å². The number of amides is 1. The number of pyridine rings is 1. The van der Waals surface area contributed by atoms with E-state index in [-0.39, 0.29) is 11.9 Å². The number of carbonyl (C=O) groups is 1. The molecule has 2 aromatic rings. The van der Waals surface area contributed by atoms with E-state index < -0.39 is 5.91 Å². The molecule has 0 saturated heterocycles. The summed E-state index contributed by atoms with van der Waals surface area (Å²) >= 11 is 6.04. The zero-order chi connectivity index (χ0) is 12.6. The first-order valence-corrected chi connectivity index (χ1v) is 5.69. The fourth-order valence-electron chi connectivity index (χ4n) is 1.73. The van der Waals surface area contributed by atoms with E-state index in [2.05, 4.69) is 9.97 Å². The summed E-state index contributed by atoms with van der Waals surface area (Å²) in [5.74, 6) is 0.171. The zero-order valence-corrected chi connectivity index (χ0v) is 10.4. The maximum Gasteiger partial charge on any atom is 0.237 e. The highest BCUT2D eigenvalue weighted by molar-refractivity contribution is 6.20. The molecule has 0 aromatic carbocycles. The molecule has 2 aromatic heterocycles. The second-order valence-electron chi connectivity index (χ2n) is 3.93. The fourth-order valence-corrected chi connectivity index (χ4v) is 1.90. The second kappa shape index (κ2) is 4.33. The molecule has 0 bridgehead atoms. The number of fused-ring (bicyclic) bond motifs is 1. The normalized spacial score (nSPS) is 12.9. The molecule has 0 aliphatic carbocycles. The molecular formula is C11H13ClN4O. The predicted octanol–water partition coefficient (Wildman–Crippen LogP) is 1.52. The SMILES string of the molecule is Cc1ccc2nc(C(C)Cl)n(CC(N)=O)c2n1. The van der Waals surface area contributed by atoms with Crippen molar-refractivity contribution in [1.82, 2.24) is 14.5 Å². The molecule has 0 aliphatic rings. The lowest BCUT2D eigenvalue weighted by Crippen LogP contribution is -2.20. The number of hydrogen-bond donors (Lipinski definition) is 1. The summed E-state index contributed by atoms with van der Waals surface area (Å²) in [6.45, 7) is 3.72. The van der Waals surface area contributed by atoms with E-state index >= 15 is 0 Å². The van der Waals surface area contributed by atoms with E-state index in [0.717, 1.165) is 11.2 Å². The van der Waals surface area contributed by atoms with Gasteiger partial charge in [-0.15, -0.1) is 11.6 Å². The number of carbonyl (C=O) groups excluding carboxylic acids is 1. The van der Waals surface area contributed by atoms with Crippen LogP contribution in [0.3, 0.4) is 0 Å². The molecule has 1 atom stereocenters. The van der Waals surface area contributed by atoms with Gasteiger partial charge in [0, 0.05) is 5.69 Å². The largest absolute Gasteiger partial charge is 0.368 e. The molecule has 6 heteroatoms.